The number of amides is 2. The Morgan fingerprint density at radius 3 is 2.29 bits per heavy atom. The standard InChI is InChI=1S/C30H30N4O7/c1-18(2)28(34-26(36)16-40-25-13-7-9-19-8-3-4-10-20(19)25)29(39)33-23(14-27(37)38)24(35)15-41-30-21-11-5-6-12-22(21)31-17-32-30/h3-13,17-18,23,28H,14-16H2,1-2H3,(H,33,39)(H,34,36)(H,37,38)/t23-,28-/m0/s1. The van der Waals surface area contributed by atoms with Gasteiger partial charge in [0.25, 0.3) is 5.91 Å². The summed E-state index contributed by atoms with van der Waals surface area (Å²) in [5.74, 6) is -2.91. The molecule has 0 aliphatic rings. The summed E-state index contributed by atoms with van der Waals surface area (Å²) in [6.07, 6.45) is 0.625. The fraction of sp³-hybridized carbons (Fsp3) is 0.267. The molecule has 3 N–H and O–H groups in total. The van der Waals surface area contributed by atoms with Crippen LogP contribution in [-0.2, 0) is 19.2 Å². The topological polar surface area (TPSA) is 157 Å². The Balaban J connectivity index is 1.38. The van der Waals surface area contributed by atoms with Crippen molar-refractivity contribution < 1.29 is 33.8 Å². The van der Waals surface area contributed by atoms with Crippen LogP contribution in [0.1, 0.15) is 20.3 Å². The summed E-state index contributed by atoms with van der Waals surface area (Å²) in [5, 5.41) is 16.8. The third-order valence-electron chi connectivity index (χ3n) is 6.32. The van der Waals surface area contributed by atoms with Crippen LogP contribution in [-0.4, -0.2) is 63.9 Å². The molecular weight excluding hydrogens is 528 g/mol. The number of carbonyl (C=O) groups is 4. The normalized spacial score (nSPS) is 12.5. The average Bonchev–Trinajstić information content (AvgIpc) is 2.96. The SMILES string of the molecule is CC(C)[C@H](NC(=O)COc1cccc2ccccc12)C(=O)N[C@@H](CC(=O)O)C(=O)COc1ncnc2ccccc12. The van der Waals surface area contributed by atoms with Crippen LogP contribution in [0.4, 0.5) is 0 Å². The van der Waals surface area contributed by atoms with Crippen molar-refractivity contribution in [3.05, 3.63) is 73.1 Å². The highest BCUT2D eigenvalue weighted by Crippen LogP contribution is 2.25. The Hall–Kier alpha value is -5.06. The van der Waals surface area contributed by atoms with Gasteiger partial charge in [-0.1, -0.05) is 62.4 Å². The molecule has 0 radical (unpaired) electrons. The molecule has 4 rings (SSSR count). The highest BCUT2D eigenvalue weighted by atomic mass is 16.5. The van der Waals surface area contributed by atoms with Crippen molar-refractivity contribution in [1.29, 1.82) is 0 Å². The molecule has 0 saturated heterocycles. The molecule has 212 valence electrons. The predicted octanol–water partition coefficient (Wildman–Crippen LogP) is 2.91. The van der Waals surface area contributed by atoms with Gasteiger partial charge in [-0.15, -0.1) is 0 Å². The van der Waals surface area contributed by atoms with E-state index < -0.39 is 48.7 Å². The van der Waals surface area contributed by atoms with Crippen LogP contribution >= 0.6 is 0 Å². The molecule has 2 atom stereocenters. The van der Waals surface area contributed by atoms with Crippen LogP contribution in [0.5, 0.6) is 11.6 Å². The van der Waals surface area contributed by atoms with Crippen molar-refractivity contribution in [2.45, 2.75) is 32.4 Å². The molecule has 0 fully saturated rings. The Morgan fingerprint density at radius 2 is 1.54 bits per heavy atom. The molecule has 0 bridgehead atoms. The lowest BCUT2D eigenvalue weighted by molar-refractivity contribution is -0.141. The largest absolute Gasteiger partial charge is 0.483 e. The number of carbonyl (C=O) groups excluding carboxylic acids is 3. The molecule has 3 aromatic carbocycles. The summed E-state index contributed by atoms with van der Waals surface area (Å²) in [7, 11) is 0. The number of para-hydroxylation sites is 1. The maximum atomic E-state index is 13.1. The Bertz CT molecular complexity index is 1560. The molecule has 0 spiro atoms. The minimum Gasteiger partial charge on any atom is -0.483 e. The summed E-state index contributed by atoms with van der Waals surface area (Å²) in [5.41, 5.74) is 0.611. The molecule has 0 aliphatic heterocycles. The lowest BCUT2D eigenvalue weighted by Gasteiger charge is -2.24. The lowest BCUT2D eigenvalue weighted by atomic mass is 10.0. The molecule has 0 aliphatic carbocycles. The summed E-state index contributed by atoms with van der Waals surface area (Å²) >= 11 is 0. The van der Waals surface area contributed by atoms with Crippen LogP contribution in [0.15, 0.2) is 73.1 Å². The second kappa shape index (κ2) is 13.3. The second-order valence-corrected chi connectivity index (χ2v) is 9.67. The van der Waals surface area contributed by atoms with Gasteiger partial charge < -0.3 is 25.2 Å². The molecule has 4 aromatic rings. The van der Waals surface area contributed by atoms with E-state index in [1.54, 1.807) is 44.2 Å². The van der Waals surface area contributed by atoms with Crippen molar-refractivity contribution in [3.63, 3.8) is 0 Å². The third-order valence-corrected chi connectivity index (χ3v) is 6.32. The zero-order valence-corrected chi connectivity index (χ0v) is 22.6. The number of ether oxygens (including phenoxy) is 2. The highest BCUT2D eigenvalue weighted by Gasteiger charge is 2.30. The summed E-state index contributed by atoms with van der Waals surface area (Å²) in [4.78, 5) is 58.5. The van der Waals surface area contributed by atoms with Gasteiger partial charge in [0.2, 0.25) is 11.8 Å². The van der Waals surface area contributed by atoms with E-state index in [9.17, 15) is 24.3 Å². The van der Waals surface area contributed by atoms with Gasteiger partial charge in [0.05, 0.1) is 17.3 Å². The number of benzene rings is 3. The number of rotatable bonds is 13. The first-order chi connectivity index (χ1) is 19.7. The van der Waals surface area contributed by atoms with Gasteiger partial charge in [-0.2, -0.15) is 0 Å². The van der Waals surface area contributed by atoms with Crippen LogP contribution in [0.2, 0.25) is 0 Å². The van der Waals surface area contributed by atoms with E-state index >= 15 is 0 Å². The molecule has 2 amide bonds. The maximum Gasteiger partial charge on any atom is 0.305 e. The maximum absolute atomic E-state index is 13.1. The van der Waals surface area contributed by atoms with Crippen molar-refractivity contribution in [2.75, 3.05) is 13.2 Å². The number of carboxylic acids is 1. The highest BCUT2D eigenvalue weighted by molar-refractivity contribution is 5.96. The number of fused-ring (bicyclic) bond motifs is 2. The van der Waals surface area contributed by atoms with Gasteiger partial charge in [0, 0.05) is 5.39 Å². The molecule has 41 heavy (non-hydrogen) atoms. The molecule has 11 heteroatoms. The van der Waals surface area contributed by atoms with E-state index in [1.807, 2.05) is 36.4 Å². The van der Waals surface area contributed by atoms with Crippen molar-refractivity contribution in [3.8, 4) is 11.6 Å². The van der Waals surface area contributed by atoms with Gasteiger partial charge in [-0.3, -0.25) is 19.2 Å². The second-order valence-electron chi connectivity index (χ2n) is 9.67. The van der Waals surface area contributed by atoms with Gasteiger partial charge in [0.1, 0.15) is 24.2 Å². The molecule has 11 nitrogen and oxygen atoms in total. The molecule has 1 heterocycles. The minimum absolute atomic E-state index is 0.155. The number of nitrogens with one attached hydrogen (secondary N) is 2. The van der Waals surface area contributed by atoms with E-state index in [-0.39, 0.29) is 18.4 Å². The number of aromatic nitrogens is 2. The molecule has 1 aromatic heterocycles. The number of aliphatic carboxylic acids is 1. The van der Waals surface area contributed by atoms with Gasteiger partial charge in [-0.05, 0) is 29.5 Å². The monoisotopic (exact) mass is 558 g/mol. The van der Waals surface area contributed by atoms with E-state index in [4.69, 9.17) is 9.47 Å². The zero-order chi connectivity index (χ0) is 29.4. The number of Topliss-reactive ketones (excluding diaryl/α,β-unsaturated/α-hetero) is 1. The zero-order valence-electron chi connectivity index (χ0n) is 22.6. The molecule has 0 unspecified atom stereocenters. The van der Waals surface area contributed by atoms with Crippen molar-refractivity contribution >= 4 is 45.2 Å². The number of hydrogen-bond donors (Lipinski definition) is 3. The summed E-state index contributed by atoms with van der Waals surface area (Å²) < 4.78 is 11.3. The molecule has 0 saturated carbocycles. The van der Waals surface area contributed by atoms with E-state index in [1.165, 1.54) is 6.33 Å². The van der Waals surface area contributed by atoms with Crippen LogP contribution in [0, 0.1) is 5.92 Å². The van der Waals surface area contributed by atoms with E-state index in [0.717, 1.165) is 10.8 Å². The number of hydrogen-bond acceptors (Lipinski definition) is 8. The molecular formula is C30H30N4O7. The predicted molar refractivity (Wildman–Crippen MR) is 150 cm³/mol. The first-order valence-electron chi connectivity index (χ1n) is 13.0. The number of carboxylic acid groups (broad SMARTS) is 1. The average molecular weight is 559 g/mol. The first-order valence-corrected chi connectivity index (χ1v) is 13.0. The van der Waals surface area contributed by atoms with Gasteiger partial charge >= 0.3 is 5.97 Å². The third kappa shape index (κ3) is 7.53. The van der Waals surface area contributed by atoms with E-state index in [0.29, 0.717) is 16.7 Å². The number of nitrogens with zero attached hydrogens (tertiary/aromatic N) is 2. The fourth-order valence-electron chi connectivity index (χ4n) is 4.23. The first kappa shape index (κ1) is 28.9. The van der Waals surface area contributed by atoms with Gasteiger partial charge in [0.15, 0.2) is 19.0 Å². The Morgan fingerprint density at radius 1 is 0.829 bits per heavy atom. The smallest absolute Gasteiger partial charge is 0.305 e. The quantitative estimate of drug-likeness (QED) is 0.224. The lowest BCUT2D eigenvalue weighted by Crippen LogP contribution is -2.55. The van der Waals surface area contributed by atoms with Crippen LogP contribution in [0.25, 0.3) is 21.7 Å². The number of ketones is 1. The van der Waals surface area contributed by atoms with Crippen LogP contribution in [0.3, 0.4) is 0 Å². The van der Waals surface area contributed by atoms with E-state index in [2.05, 4.69) is 20.6 Å². The fourth-order valence-corrected chi connectivity index (χ4v) is 4.23. The summed E-state index contributed by atoms with van der Waals surface area (Å²) in [6.45, 7) is 2.56. The van der Waals surface area contributed by atoms with Crippen molar-refractivity contribution in [2.24, 2.45) is 5.92 Å². The Labute approximate surface area is 235 Å². The minimum atomic E-state index is -1.39. The van der Waals surface area contributed by atoms with Crippen molar-refractivity contribution in [1.82, 2.24) is 20.6 Å². The van der Waals surface area contributed by atoms with Gasteiger partial charge in [-0.25, -0.2) is 9.97 Å². The Kier molecular flexibility index (Phi) is 9.41. The summed E-state index contributed by atoms with van der Waals surface area (Å²) in [6, 6.07) is 17.7. The van der Waals surface area contributed by atoms with Crippen LogP contribution < -0.4 is 20.1 Å².